The highest BCUT2D eigenvalue weighted by molar-refractivity contribution is 5.93. The fraction of sp³-hybridized carbons (Fsp3) is 0.571. The van der Waals surface area contributed by atoms with Crippen molar-refractivity contribution >= 4 is 17.7 Å². The smallest absolute Gasteiger partial charge is 0.258 e. The third-order valence-electron chi connectivity index (χ3n) is 3.66. The van der Waals surface area contributed by atoms with Crippen molar-refractivity contribution in [1.82, 2.24) is 29.9 Å². The molecule has 1 fully saturated rings. The monoisotopic (exact) mass is 332 g/mol. The Bertz CT molecular complexity index is 738. The molecule has 0 aromatic carbocycles. The number of nitrogens with zero attached hydrogens (tertiary/aromatic N) is 7. The molecule has 1 aliphatic rings. The van der Waals surface area contributed by atoms with Gasteiger partial charge >= 0.3 is 0 Å². The zero-order valence-electron chi connectivity index (χ0n) is 14.0. The second kappa shape index (κ2) is 6.87. The number of rotatable bonds is 5. The Morgan fingerprint density at radius 2 is 1.92 bits per heavy atom. The van der Waals surface area contributed by atoms with Crippen LogP contribution in [0.15, 0.2) is 0 Å². The number of carbonyl (C=O) groups is 1. The molecule has 10 nitrogen and oxygen atoms in total. The van der Waals surface area contributed by atoms with Crippen LogP contribution >= 0.6 is 0 Å². The van der Waals surface area contributed by atoms with Crippen molar-refractivity contribution in [1.29, 1.82) is 0 Å². The maximum absolute atomic E-state index is 11.6. The van der Waals surface area contributed by atoms with E-state index in [1.165, 1.54) is 11.6 Å². The predicted octanol–water partition coefficient (Wildman–Crippen LogP) is 0.232. The molecule has 0 amide bonds. The molecule has 0 aliphatic carbocycles. The van der Waals surface area contributed by atoms with Gasteiger partial charge in [-0.05, 0) is 13.8 Å². The average Bonchev–Trinajstić information content (AvgIpc) is 2.97. The van der Waals surface area contributed by atoms with Crippen molar-refractivity contribution < 1.29 is 9.53 Å². The highest BCUT2D eigenvalue weighted by atomic mass is 16.5. The SMILES string of the molecule is CCNc1nc(N2CCOCC2)nc(-n2nnc(C(C)=O)c2C)n1. The molecule has 2 aromatic heterocycles. The molecule has 0 radical (unpaired) electrons. The number of ketones is 1. The van der Waals surface area contributed by atoms with E-state index in [0.29, 0.717) is 62.1 Å². The first-order chi connectivity index (χ1) is 11.6. The molecule has 0 saturated carbocycles. The van der Waals surface area contributed by atoms with Gasteiger partial charge in [0.25, 0.3) is 5.95 Å². The van der Waals surface area contributed by atoms with Crippen molar-refractivity contribution in [3.8, 4) is 5.95 Å². The molecule has 3 heterocycles. The van der Waals surface area contributed by atoms with Gasteiger partial charge < -0.3 is 15.0 Å². The van der Waals surface area contributed by atoms with Crippen molar-refractivity contribution in [2.45, 2.75) is 20.8 Å². The van der Waals surface area contributed by atoms with Gasteiger partial charge in [-0.1, -0.05) is 5.21 Å². The summed E-state index contributed by atoms with van der Waals surface area (Å²) in [5.41, 5.74) is 0.914. The number of morpholine rings is 1. The largest absolute Gasteiger partial charge is 0.378 e. The molecule has 0 spiro atoms. The first-order valence-corrected chi connectivity index (χ1v) is 7.86. The Morgan fingerprint density at radius 3 is 2.54 bits per heavy atom. The van der Waals surface area contributed by atoms with Crippen LogP contribution in [0.5, 0.6) is 0 Å². The van der Waals surface area contributed by atoms with Gasteiger partial charge in [0.2, 0.25) is 11.9 Å². The third kappa shape index (κ3) is 3.18. The van der Waals surface area contributed by atoms with Gasteiger partial charge in [-0.2, -0.15) is 19.6 Å². The molecule has 0 atom stereocenters. The van der Waals surface area contributed by atoms with Crippen LogP contribution < -0.4 is 10.2 Å². The molecule has 1 N–H and O–H groups in total. The van der Waals surface area contributed by atoms with E-state index in [2.05, 4.69) is 30.6 Å². The van der Waals surface area contributed by atoms with Crippen LogP contribution in [-0.4, -0.2) is 68.6 Å². The number of ether oxygens (including phenoxy) is 1. The summed E-state index contributed by atoms with van der Waals surface area (Å²) in [4.78, 5) is 27.0. The molecule has 3 rings (SSSR count). The van der Waals surface area contributed by atoms with Crippen molar-refractivity contribution in [3.05, 3.63) is 11.4 Å². The van der Waals surface area contributed by atoms with Crippen LogP contribution in [0.4, 0.5) is 11.9 Å². The molecule has 24 heavy (non-hydrogen) atoms. The Balaban J connectivity index is 2.03. The first kappa shape index (κ1) is 16.2. The third-order valence-corrected chi connectivity index (χ3v) is 3.66. The van der Waals surface area contributed by atoms with E-state index in [1.807, 2.05) is 11.8 Å². The summed E-state index contributed by atoms with van der Waals surface area (Å²) in [5, 5.41) is 11.0. The van der Waals surface area contributed by atoms with E-state index >= 15 is 0 Å². The number of hydrogen-bond acceptors (Lipinski definition) is 9. The van der Waals surface area contributed by atoms with E-state index < -0.39 is 0 Å². The summed E-state index contributed by atoms with van der Waals surface area (Å²) in [5.74, 6) is 1.20. The molecule has 0 unspecified atom stereocenters. The lowest BCUT2D eigenvalue weighted by Crippen LogP contribution is -2.37. The maximum Gasteiger partial charge on any atom is 0.258 e. The molecule has 2 aromatic rings. The van der Waals surface area contributed by atoms with Gasteiger partial charge in [0.1, 0.15) is 0 Å². The van der Waals surface area contributed by atoms with E-state index in [-0.39, 0.29) is 5.78 Å². The van der Waals surface area contributed by atoms with Crippen LogP contribution in [0.2, 0.25) is 0 Å². The molecule has 0 bridgehead atoms. The molecule has 1 saturated heterocycles. The fourth-order valence-corrected chi connectivity index (χ4v) is 2.43. The molecule has 128 valence electrons. The summed E-state index contributed by atoms with van der Waals surface area (Å²) in [6, 6.07) is 0. The highest BCUT2D eigenvalue weighted by Gasteiger charge is 2.20. The lowest BCUT2D eigenvalue weighted by molar-refractivity contribution is 0.101. The van der Waals surface area contributed by atoms with E-state index in [1.54, 1.807) is 6.92 Å². The van der Waals surface area contributed by atoms with E-state index in [4.69, 9.17) is 4.74 Å². The highest BCUT2D eigenvalue weighted by Crippen LogP contribution is 2.16. The summed E-state index contributed by atoms with van der Waals surface area (Å²) >= 11 is 0. The Morgan fingerprint density at radius 1 is 1.21 bits per heavy atom. The predicted molar refractivity (Wildman–Crippen MR) is 86.7 cm³/mol. The zero-order chi connectivity index (χ0) is 17.1. The standard InChI is InChI=1S/C14H20N8O2/c1-4-15-12-16-13(21-5-7-24-8-6-21)18-14(17-12)22-9(2)11(10(3)23)19-20-22/h4-8H2,1-3H3,(H,15,16,17,18). The maximum atomic E-state index is 11.6. The topological polar surface area (TPSA) is 111 Å². The number of anilines is 2. The van der Waals surface area contributed by atoms with Crippen molar-refractivity contribution in [2.24, 2.45) is 0 Å². The minimum atomic E-state index is -0.145. The summed E-state index contributed by atoms with van der Waals surface area (Å²) in [6.07, 6.45) is 0. The number of aromatic nitrogens is 6. The zero-order valence-corrected chi connectivity index (χ0v) is 14.0. The minimum absolute atomic E-state index is 0.145. The van der Waals surface area contributed by atoms with Crippen molar-refractivity contribution in [2.75, 3.05) is 43.1 Å². The van der Waals surface area contributed by atoms with Gasteiger partial charge in [0.05, 0.1) is 18.9 Å². The van der Waals surface area contributed by atoms with Crippen LogP contribution in [0, 0.1) is 6.92 Å². The van der Waals surface area contributed by atoms with Gasteiger partial charge in [0, 0.05) is 26.6 Å². The van der Waals surface area contributed by atoms with Crippen LogP contribution in [0.25, 0.3) is 5.95 Å². The normalized spacial score (nSPS) is 14.7. The quantitative estimate of drug-likeness (QED) is 0.769. The minimum Gasteiger partial charge on any atom is -0.378 e. The number of hydrogen-bond donors (Lipinski definition) is 1. The lowest BCUT2D eigenvalue weighted by atomic mass is 10.2. The van der Waals surface area contributed by atoms with Crippen LogP contribution in [0.1, 0.15) is 30.0 Å². The van der Waals surface area contributed by atoms with Gasteiger partial charge in [-0.25, -0.2) is 0 Å². The summed E-state index contributed by atoms with van der Waals surface area (Å²) in [7, 11) is 0. The Hall–Kier alpha value is -2.62. The molecule has 10 heteroatoms. The van der Waals surface area contributed by atoms with Gasteiger partial charge in [-0.15, -0.1) is 5.10 Å². The number of nitrogens with one attached hydrogen (secondary N) is 1. The summed E-state index contributed by atoms with van der Waals surface area (Å²) in [6.45, 7) is 8.56. The molecule has 1 aliphatic heterocycles. The fourth-order valence-electron chi connectivity index (χ4n) is 2.43. The Kier molecular flexibility index (Phi) is 4.65. The molecular weight excluding hydrogens is 312 g/mol. The first-order valence-electron chi connectivity index (χ1n) is 7.86. The van der Waals surface area contributed by atoms with Crippen LogP contribution in [-0.2, 0) is 4.74 Å². The van der Waals surface area contributed by atoms with Gasteiger partial charge in [0.15, 0.2) is 11.5 Å². The Labute approximate surface area is 139 Å². The van der Waals surface area contributed by atoms with Crippen LogP contribution in [0.3, 0.4) is 0 Å². The van der Waals surface area contributed by atoms with Crippen molar-refractivity contribution in [3.63, 3.8) is 0 Å². The average molecular weight is 332 g/mol. The second-order valence-electron chi connectivity index (χ2n) is 5.38. The van der Waals surface area contributed by atoms with Gasteiger partial charge in [-0.3, -0.25) is 4.79 Å². The summed E-state index contributed by atoms with van der Waals surface area (Å²) < 4.78 is 6.83. The van der Waals surface area contributed by atoms with E-state index in [0.717, 1.165) is 0 Å². The molecular formula is C14H20N8O2. The lowest BCUT2D eigenvalue weighted by Gasteiger charge is -2.27. The number of carbonyl (C=O) groups excluding carboxylic acids is 1. The van der Waals surface area contributed by atoms with E-state index in [9.17, 15) is 4.79 Å². The number of Topliss-reactive ketones (excluding diaryl/α,β-unsaturated/α-hetero) is 1. The second-order valence-corrected chi connectivity index (χ2v) is 5.38.